The van der Waals surface area contributed by atoms with E-state index in [0.717, 1.165) is 24.9 Å². The Balaban J connectivity index is 2.66. The molecule has 0 fully saturated rings. The number of non-ortho nitro benzene ring substituents is 1. The molecule has 1 atom stereocenters. The molecular weight excluding hydrogens is 272 g/mol. The zero-order valence-corrected chi connectivity index (χ0v) is 13.5. The van der Waals surface area contributed by atoms with Gasteiger partial charge in [-0.25, -0.2) is 0 Å². The predicted octanol–water partition coefficient (Wildman–Crippen LogP) is 4.17. The number of hydrogen-bond acceptors (Lipinski definition) is 4. The molecule has 0 bridgehead atoms. The minimum Gasteiger partial charge on any atom is -0.309 e. The van der Waals surface area contributed by atoms with Gasteiger partial charge in [0.1, 0.15) is 0 Å². The summed E-state index contributed by atoms with van der Waals surface area (Å²) in [5.41, 5.74) is 1.22. The number of nitro benzene ring substituents is 1. The maximum absolute atomic E-state index is 10.6. The van der Waals surface area contributed by atoms with Crippen molar-refractivity contribution in [3.05, 3.63) is 39.9 Å². The van der Waals surface area contributed by atoms with Crippen LogP contribution in [0, 0.1) is 10.1 Å². The molecule has 0 aliphatic carbocycles. The standard InChI is InChI=1S/C15H24N2O2S/c1-5-15(6-2,20-4)11-16-12(3)13-7-9-14(10-8-13)17(18)19/h7-10,12,16H,5-6,11H2,1-4H3. The fraction of sp³-hybridized carbons (Fsp3) is 0.600. The molecule has 20 heavy (non-hydrogen) atoms. The molecule has 0 radical (unpaired) electrons. The van der Waals surface area contributed by atoms with Crippen LogP contribution in [-0.2, 0) is 0 Å². The molecule has 0 aliphatic rings. The lowest BCUT2D eigenvalue weighted by Crippen LogP contribution is -2.37. The normalized spacial score (nSPS) is 13.2. The van der Waals surface area contributed by atoms with Crippen LogP contribution in [-0.4, -0.2) is 22.5 Å². The molecule has 0 aromatic heterocycles. The average molecular weight is 296 g/mol. The Morgan fingerprint density at radius 2 is 1.85 bits per heavy atom. The van der Waals surface area contributed by atoms with Crippen LogP contribution in [0.25, 0.3) is 0 Å². The van der Waals surface area contributed by atoms with E-state index in [4.69, 9.17) is 0 Å². The molecule has 1 aromatic carbocycles. The molecule has 1 rings (SSSR count). The van der Waals surface area contributed by atoms with Crippen molar-refractivity contribution in [3.63, 3.8) is 0 Å². The maximum Gasteiger partial charge on any atom is 0.269 e. The monoisotopic (exact) mass is 296 g/mol. The van der Waals surface area contributed by atoms with E-state index < -0.39 is 0 Å². The third-order valence-electron chi connectivity index (χ3n) is 4.06. The van der Waals surface area contributed by atoms with Gasteiger partial charge >= 0.3 is 0 Å². The highest BCUT2D eigenvalue weighted by Crippen LogP contribution is 2.30. The predicted molar refractivity (Wildman–Crippen MR) is 86.3 cm³/mol. The lowest BCUT2D eigenvalue weighted by Gasteiger charge is -2.31. The molecule has 5 heteroatoms. The van der Waals surface area contributed by atoms with Crippen LogP contribution >= 0.6 is 11.8 Å². The number of hydrogen-bond donors (Lipinski definition) is 1. The minimum absolute atomic E-state index is 0.140. The van der Waals surface area contributed by atoms with Crippen LogP contribution in [0.5, 0.6) is 0 Å². The lowest BCUT2D eigenvalue weighted by atomic mass is 10.0. The van der Waals surface area contributed by atoms with Crippen LogP contribution in [0.3, 0.4) is 0 Å². The first-order valence-electron chi connectivity index (χ1n) is 7.01. The third-order valence-corrected chi connectivity index (χ3v) is 5.64. The molecule has 112 valence electrons. The summed E-state index contributed by atoms with van der Waals surface area (Å²) < 4.78 is 0.273. The van der Waals surface area contributed by atoms with Crippen molar-refractivity contribution in [2.45, 2.75) is 44.4 Å². The molecule has 0 saturated carbocycles. The topological polar surface area (TPSA) is 55.2 Å². The van der Waals surface area contributed by atoms with Crippen LogP contribution in [0.1, 0.15) is 45.2 Å². The van der Waals surface area contributed by atoms with Gasteiger partial charge in [0, 0.05) is 29.5 Å². The van der Waals surface area contributed by atoms with E-state index in [9.17, 15) is 10.1 Å². The molecule has 0 spiro atoms. The number of rotatable bonds is 8. The van der Waals surface area contributed by atoms with Crippen molar-refractivity contribution in [2.24, 2.45) is 0 Å². The maximum atomic E-state index is 10.6. The Morgan fingerprint density at radius 1 is 1.30 bits per heavy atom. The fourth-order valence-electron chi connectivity index (χ4n) is 2.20. The summed E-state index contributed by atoms with van der Waals surface area (Å²) in [4.78, 5) is 10.3. The number of nitrogens with one attached hydrogen (secondary N) is 1. The van der Waals surface area contributed by atoms with Gasteiger partial charge in [-0.1, -0.05) is 26.0 Å². The first-order valence-corrected chi connectivity index (χ1v) is 8.23. The molecular formula is C15H24N2O2S. The van der Waals surface area contributed by atoms with Crippen LogP contribution in [0.4, 0.5) is 5.69 Å². The highest BCUT2D eigenvalue weighted by atomic mass is 32.2. The lowest BCUT2D eigenvalue weighted by molar-refractivity contribution is -0.384. The second kappa shape index (κ2) is 7.64. The fourth-order valence-corrected chi connectivity index (χ4v) is 3.01. The third kappa shape index (κ3) is 4.21. The van der Waals surface area contributed by atoms with E-state index in [1.54, 1.807) is 12.1 Å². The summed E-state index contributed by atoms with van der Waals surface area (Å²) in [5.74, 6) is 0. The Bertz CT molecular complexity index is 422. The summed E-state index contributed by atoms with van der Waals surface area (Å²) >= 11 is 1.91. The average Bonchev–Trinajstić information content (AvgIpc) is 2.49. The van der Waals surface area contributed by atoms with Gasteiger partial charge in [-0.15, -0.1) is 0 Å². The summed E-state index contributed by atoms with van der Waals surface area (Å²) in [6, 6.07) is 6.98. The van der Waals surface area contributed by atoms with Crippen LogP contribution < -0.4 is 5.32 Å². The molecule has 1 aromatic rings. The summed E-state index contributed by atoms with van der Waals surface area (Å²) in [6.07, 6.45) is 4.42. The van der Waals surface area contributed by atoms with Gasteiger partial charge in [-0.05, 0) is 31.6 Å². The van der Waals surface area contributed by atoms with Gasteiger partial charge in [0.2, 0.25) is 0 Å². The summed E-state index contributed by atoms with van der Waals surface area (Å²) in [5, 5.41) is 14.2. The van der Waals surface area contributed by atoms with Crippen molar-refractivity contribution >= 4 is 17.4 Å². The van der Waals surface area contributed by atoms with Crippen molar-refractivity contribution in [1.29, 1.82) is 0 Å². The highest BCUT2D eigenvalue weighted by molar-refractivity contribution is 8.00. The summed E-state index contributed by atoms with van der Waals surface area (Å²) in [7, 11) is 0. The molecule has 0 amide bonds. The van der Waals surface area contributed by atoms with E-state index in [0.29, 0.717) is 0 Å². The quantitative estimate of drug-likeness (QED) is 0.578. The Hall–Kier alpha value is -1.07. The van der Waals surface area contributed by atoms with E-state index in [1.165, 1.54) is 0 Å². The van der Waals surface area contributed by atoms with E-state index in [2.05, 4.69) is 32.3 Å². The Morgan fingerprint density at radius 3 is 2.25 bits per heavy atom. The van der Waals surface area contributed by atoms with E-state index in [-0.39, 0.29) is 21.4 Å². The van der Waals surface area contributed by atoms with Crippen molar-refractivity contribution in [1.82, 2.24) is 5.32 Å². The zero-order chi connectivity index (χ0) is 15.2. The zero-order valence-electron chi connectivity index (χ0n) is 12.7. The Labute approximate surface area is 125 Å². The largest absolute Gasteiger partial charge is 0.309 e. The molecule has 0 saturated heterocycles. The summed E-state index contributed by atoms with van der Waals surface area (Å²) in [6.45, 7) is 7.48. The molecule has 1 N–H and O–H groups in total. The van der Waals surface area contributed by atoms with Crippen molar-refractivity contribution in [2.75, 3.05) is 12.8 Å². The second-order valence-electron chi connectivity index (χ2n) is 5.05. The van der Waals surface area contributed by atoms with E-state index >= 15 is 0 Å². The van der Waals surface area contributed by atoms with Crippen LogP contribution in [0.15, 0.2) is 24.3 Å². The highest BCUT2D eigenvalue weighted by Gasteiger charge is 2.25. The van der Waals surface area contributed by atoms with Crippen molar-refractivity contribution in [3.8, 4) is 0 Å². The van der Waals surface area contributed by atoms with Gasteiger partial charge < -0.3 is 5.32 Å². The molecule has 4 nitrogen and oxygen atoms in total. The number of nitro groups is 1. The first kappa shape index (κ1) is 17.0. The molecule has 0 aliphatic heterocycles. The smallest absolute Gasteiger partial charge is 0.269 e. The molecule has 0 heterocycles. The number of thioether (sulfide) groups is 1. The number of benzene rings is 1. The van der Waals surface area contributed by atoms with Gasteiger partial charge in [0.15, 0.2) is 0 Å². The van der Waals surface area contributed by atoms with Crippen molar-refractivity contribution < 1.29 is 4.92 Å². The number of nitrogens with zero attached hydrogens (tertiary/aromatic N) is 1. The van der Waals surface area contributed by atoms with Gasteiger partial charge in [0.05, 0.1) is 4.92 Å². The van der Waals surface area contributed by atoms with Gasteiger partial charge in [0.25, 0.3) is 5.69 Å². The van der Waals surface area contributed by atoms with E-state index in [1.807, 2.05) is 23.9 Å². The Kier molecular flexibility index (Phi) is 6.49. The molecule has 1 unspecified atom stereocenters. The minimum atomic E-state index is -0.366. The SMILES string of the molecule is CCC(CC)(CNC(C)c1ccc([N+](=O)[O-])cc1)SC. The van der Waals surface area contributed by atoms with Gasteiger partial charge in [-0.3, -0.25) is 10.1 Å². The first-order chi connectivity index (χ1) is 9.48. The van der Waals surface area contributed by atoms with Crippen LogP contribution in [0.2, 0.25) is 0 Å². The second-order valence-corrected chi connectivity index (χ2v) is 6.32. The van der Waals surface area contributed by atoms with Gasteiger partial charge in [-0.2, -0.15) is 11.8 Å².